The van der Waals surface area contributed by atoms with Gasteiger partial charge in [0, 0.05) is 51.6 Å². The Kier molecular flexibility index (Phi) is 5.09. The molecule has 4 rings (SSSR count). The number of aromatic amines is 1. The zero-order valence-corrected chi connectivity index (χ0v) is 15.7. The van der Waals surface area contributed by atoms with Crippen LogP contribution in [0.15, 0.2) is 53.4 Å². The SMILES string of the molecule is NCCCS(=O)c1ccc(N2CCCC2)c(-c2cc3ccccc3[nH]2)c1. The number of nitrogens with zero attached hydrogens (tertiary/aromatic N) is 1. The maximum absolute atomic E-state index is 12.6. The van der Waals surface area contributed by atoms with Crippen molar-refractivity contribution in [2.45, 2.75) is 24.2 Å². The molecule has 26 heavy (non-hydrogen) atoms. The second-order valence-electron chi connectivity index (χ2n) is 6.84. The van der Waals surface area contributed by atoms with Crippen LogP contribution in [0.5, 0.6) is 0 Å². The van der Waals surface area contributed by atoms with Crippen molar-refractivity contribution in [1.29, 1.82) is 0 Å². The fourth-order valence-electron chi connectivity index (χ4n) is 3.66. The zero-order valence-electron chi connectivity index (χ0n) is 14.9. The van der Waals surface area contributed by atoms with Gasteiger partial charge in [0.1, 0.15) is 0 Å². The molecule has 0 spiro atoms. The van der Waals surface area contributed by atoms with Gasteiger partial charge in [0.2, 0.25) is 0 Å². The van der Waals surface area contributed by atoms with Gasteiger partial charge in [0.25, 0.3) is 0 Å². The molecule has 1 fully saturated rings. The summed E-state index contributed by atoms with van der Waals surface area (Å²) in [6.07, 6.45) is 3.24. The predicted molar refractivity (Wildman–Crippen MR) is 110 cm³/mol. The first-order valence-corrected chi connectivity index (χ1v) is 10.6. The Morgan fingerprint density at radius 3 is 2.65 bits per heavy atom. The molecule has 1 aromatic heterocycles. The fourth-order valence-corrected chi connectivity index (χ4v) is 4.79. The number of hydrogen-bond donors (Lipinski definition) is 2. The van der Waals surface area contributed by atoms with Crippen LogP contribution in [-0.2, 0) is 10.8 Å². The lowest BCUT2D eigenvalue weighted by Gasteiger charge is -2.21. The molecule has 0 bridgehead atoms. The monoisotopic (exact) mass is 367 g/mol. The molecule has 2 aromatic carbocycles. The first-order chi connectivity index (χ1) is 12.8. The number of rotatable bonds is 6. The van der Waals surface area contributed by atoms with Gasteiger partial charge in [-0.25, -0.2) is 0 Å². The van der Waals surface area contributed by atoms with Gasteiger partial charge < -0.3 is 15.6 Å². The van der Waals surface area contributed by atoms with E-state index in [1.165, 1.54) is 23.9 Å². The number of fused-ring (bicyclic) bond motifs is 1. The van der Waals surface area contributed by atoms with E-state index in [4.69, 9.17) is 5.73 Å². The second-order valence-corrected chi connectivity index (χ2v) is 8.41. The molecule has 3 N–H and O–H groups in total. The third-order valence-corrected chi connectivity index (χ3v) is 6.47. The van der Waals surface area contributed by atoms with E-state index in [1.807, 2.05) is 12.1 Å². The number of hydrogen-bond acceptors (Lipinski definition) is 3. The van der Waals surface area contributed by atoms with Gasteiger partial charge >= 0.3 is 0 Å². The van der Waals surface area contributed by atoms with Gasteiger partial charge in [0.15, 0.2) is 0 Å². The molecule has 5 heteroatoms. The van der Waals surface area contributed by atoms with Crippen LogP contribution in [0, 0.1) is 0 Å². The van der Waals surface area contributed by atoms with E-state index < -0.39 is 10.8 Å². The van der Waals surface area contributed by atoms with Gasteiger partial charge in [0.05, 0.1) is 10.8 Å². The average Bonchev–Trinajstić information content (AvgIpc) is 3.35. The summed E-state index contributed by atoms with van der Waals surface area (Å²) in [5.41, 5.74) is 10.2. The Morgan fingerprint density at radius 2 is 1.88 bits per heavy atom. The molecule has 4 nitrogen and oxygen atoms in total. The molecule has 1 aliphatic rings. The van der Waals surface area contributed by atoms with Gasteiger partial charge in [-0.1, -0.05) is 18.2 Å². The highest BCUT2D eigenvalue weighted by Crippen LogP contribution is 2.35. The second kappa shape index (κ2) is 7.64. The summed E-state index contributed by atoms with van der Waals surface area (Å²) in [6, 6.07) is 16.8. The van der Waals surface area contributed by atoms with E-state index in [9.17, 15) is 4.21 Å². The Labute approximate surface area is 156 Å². The van der Waals surface area contributed by atoms with E-state index in [0.717, 1.165) is 41.2 Å². The first-order valence-electron chi connectivity index (χ1n) is 9.32. The smallest absolute Gasteiger partial charge is 0.0530 e. The molecule has 1 unspecified atom stereocenters. The maximum Gasteiger partial charge on any atom is 0.0530 e. The number of anilines is 1. The highest BCUT2D eigenvalue weighted by atomic mass is 32.2. The lowest BCUT2D eigenvalue weighted by molar-refractivity contribution is 0.680. The summed E-state index contributed by atoms with van der Waals surface area (Å²) in [5, 5.41) is 1.20. The van der Waals surface area contributed by atoms with Gasteiger partial charge in [-0.15, -0.1) is 0 Å². The topological polar surface area (TPSA) is 62.1 Å². The normalized spacial score (nSPS) is 15.7. The largest absolute Gasteiger partial charge is 0.371 e. The summed E-state index contributed by atoms with van der Waals surface area (Å²) < 4.78 is 12.6. The third-order valence-electron chi connectivity index (χ3n) is 5.03. The molecule has 1 aliphatic heterocycles. The zero-order chi connectivity index (χ0) is 17.9. The van der Waals surface area contributed by atoms with Crippen molar-refractivity contribution in [2.24, 2.45) is 5.73 Å². The van der Waals surface area contributed by atoms with Gasteiger partial charge in [-0.2, -0.15) is 0 Å². The number of nitrogens with two attached hydrogens (primary N) is 1. The van der Waals surface area contributed by atoms with Crippen LogP contribution < -0.4 is 10.6 Å². The molecular formula is C21H25N3OS. The van der Waals surface area contributed by atoms with Crippen LogP contribution in [-0.4, -0.2) is 34.6 Å². The number of aromatic nitrogens is 1. The summed E-state index contributed by atoms with van der Waals surface area (Å²) >= 11 is 0. The maximum atomic E-state index is 12.6. The Hall–Kier alpha value is -2.11. The number of para-hydroxylation sites is 1. The van der Waals surface area contributed by atoms with E-state index in [0.29, 0.717) is 12.3 Å². The van der Waals surface area contributed by atoms with Crippen molar-refractivity contribution in [2.75, 3.05) is 30.3 Å². The van der Waals surface area contributed by atoms with Crippen molar-refractivity contribution in [3.8, 4) is 11.3 Å². The van der Waals surface area contributed by atoms with E-state index in [-0.39, 0.29) is 0 Å². The van der Waals surface area contributed by atoms with Crippen LogP contribution in [0.1, 0.15) is 19.3 Å². The van der Waals surface area contributed by atoms with Crippen molar-refractivity contribution in [1.82, 2.24) is 4.98 Å². The summed E-state index contributed by atoms with van der Waals surface area (Å²) in [4.78, 5) is 6.86. The number of nitrogens with one attached hydrogen (secondary N) is 1. The molecule has 0 saturated carbocycles. The lowest BCUT2D eigenvalue weighted by Crippen LogP contribution is -2.18. The van der Waals surface area contributed by atoms with Crippen molar-refractivity contribution < 1.29 is 4.21 Å². The minimum atomic E-state index is -1.01. The quantitative estimate of drug-likeness (QED) is 0.695. The van der Waals surface area contributed by atoms with E-state index in [1.54, 1.807) is 0 Å². The highest BCUT2D eigenvalue weighted by Gasteiger charge is 2.19. The lowest BCUT2D eigenvalue weighted by atomic mass is 10.1. The molecule has 136 valence electrons. The minimum absolute atomic E-state index is 0.576. The molecule has 0 aliphatic carbocycles. The van der Waals surface area contributed by atoms with Crippen LogP contribution in [0.3, 0.4) is 0 Å². The highest BCUT2D eigenvalue weighted by molar-refractivity contribution is 7.85. The molecule has 1 atom stereocenters. The summed E-state index contributed by atoms with van der Waals surface area (Å²) in [5.74, 6) is 0.617. The minimum Gasteiger partial charge on any atom is -0.371 e. The summed E-state index contributed by atoms with van der Waals surface area (Å²) in [7, 11) is -1.01. The van der Waals surface area contributed by atoms with Crippen molar-refractivity contribution in [3.05, 3.63) is 48.5 Å². The van der Waals surface area contributed by atoms with Crippen LogP contribution >= 0.6 is 0 Å². The standard InChI is InChI=1S/C21H25N3OS/c22-10-5-13-26(25)17-8-9-21(24-11-3-4-12-24)18(15-17)20-14-16-6-1-2-7-19(16)23-20/h1-2,6-9,14-15,23H,3-5,10-13,22H2. The summed E-state index contributed by atoms with van der Waals surface area (Å²) in [6.45, 7) is 2.75. The Balaban J connectivity index is 1.78. The Bertz CT molecular complexity index is 895. The molecular weight excluding hydrogens is 342 g/mol. The molecule has 0 amide bonds. The average molecular weight is 368 g/mol. The first kappa shape index (κ1) is 17.3. The molecule has 1 saturated heterocycles. The molecule has 3 aromatic rings. The van der Waals surface area contributed by atoms with Gasteiger partial charge in [-0.3, -0.25) is 4.21 Å². The van der Waals surface area contributed by atoms with E-state index >= 15 is 0 Å². The molecule has 2 heterocycles. The predicted octanol–water partition coefficient (Wildman–Crippen LogP) is 3.89. The van der Waals surface area contributed by atoms with Crippen LogP contribution in [0.2, 0.25) is 0 Å². The Morgan fingerprint density at radius 1 is 1.08 bits per heavy atom. The van der Waals surface area contributed by atoms with Crippen molar-refractivity contribution in [3.63, 3.8) is 0 Å². The third kappa shape index (κ3) is 3.41. The van der Waals surface area contributed by atoms with Crippen molar-refractivity contribution >= 4 is 27.4 Å². The van der Waals surface area contributed by atoms with Gasteiger partial charge in [-0.05, 0) is 56.1 Å². The van der Waals surface area contributed by atoms with E-state index in [2.05, 4.69) is 46.3 Å². The fraction of sp³-hybridized carbons (Fsp3) is 0.333. The molecule has 0 radical (unpaired) electrons. The van der Waals surface area contributed by atoms with Crippen LogP contribution in [0.25, 0.3) is 22.2 Å². The number of H-pyrrole nitrogens is 1. The van der Waals surface area contributed by atoms with Crippen LogP contribution in [0.4, 0.5) is 5.69 Å². The number of benzene rings is 2.